The lowest BCUT2D eigenvalue weighted by Crippen LogP contribution is -2.54. The average molecular weight is 170 g/mol. The molecule has 1 saturated heterocycles. The fourth-order valence-corrected chi connectivity index (χ4v) is 1.52. The third kappa shape index (κ3) is 1.35. The Morgan fingerprint density at radius 2 is 2.58 bits per heavy atom. The van der Waals surface area contributed by atoms with E-state index in [2.05, 4.69) is 11.9 Å². The molecule has 1 unspecified atom stereocenters. The van der Waals surface area contributed by atoms with E-state index in [4.69, 9.17) is 10.8 Å². The second-order valence-electron chi connectivity index (χ2n) is 3.20. The van der Waals surface area contributed by atoms with Crippen molar-refractivity contribution in [2.24, 2.45) is 11.7 Å². The fraction of sp³-hybridized carbons (Fsp3) is 0.625. The zero-order valence-corrected chi connectivity index (χ0v) is 6.92. The summed E-state index contributed by atoms with van der Waals surface area (Å²) in [6.07, 6.45) is 2.36. The van der Waals surface area contributed by atoms with Gasteiger partial charge in [0.1, 0.15) is 5.54 Å². The van der Waals surface area contributed by atoms with Crippen LogP contribution in [0.15, 0.2) is 12.7 Å². The van der Waals surface area contributed by atoms with Crippen molar-refractivity contribution in [3.63, 3.8) is 0 Å². The Morgan fingerprint density at radius 1 is 1.92 bits per heavy atom. The Bertz CT molecular complexity index is 205. The quantitative estimate of drug-likeness (QED) is 0.502. The summed E-state index contributed by atoms with van der Waals surface area (Å²) >= 11 is 0. The van der Waals surface area contributed by atoms with E-state index < -0.39 is 11.5 Å². The van der Waals surface area contributed by atoms with Crippen LogP contribution < -0.4 is 11.1 Å². The van der Waals surface area contributed by atoms with Gasteiger partial charge >= 0.3 is 5.97 Å². The third-order valence-corrected chi connectivity index (χ3v) is 2.39. The zero-order chi connectivity index (χ0) is 9.19. The molecule has 4 N–H and O–H groups in total. The Labute approximate surface area is 71.4 Å². The number of rotatable bonds is 3. The second-order valence-corrected chi connectivity index (χ2v) is 3.20. The van der Waals surface area contributed by atoms with Crippen LogP contribution >= 0.6 is 0 Å². The summed E-state index contributed by atoms with van der Waals surface area (Å²) in [5.41, 5.74) is 4.62. The molecule has 2 atom stereocenters. The number of carbonyl (C=O) groups is 1. The Morgan fingerprint density at radius 3 is 3.08 bits per heavy atom. The van der Waals surface area contributed by atoms with Crippen LogP contribution in [0.3, 0.4) is 0 Å². The maximum absolute atomic E-state index is 10.8. The van der Waals surface area contributed by atoms with Crippen molar-refractivity contribution in [2.45, 2.75) is 12.0 Å². The van der Waals surface area contributed by atoms with E-state index >= 15 is 0 Å². The van der Waals surface area contributed by atoms with Crippen LogP contribution in [-0.4, -0.2) is 29.7 Å². The molecule has 1 aliphatic heterocycles. The van der Waals surface area contributed by atoms with Crippen LogP contribution in [-0.2, 0) is 4.79 Å². The van der Waals surface area contributed by atoms with Crippen LogP contribution in [0.25, 0.3) is 0 Å². The predicted octanol–water partition coefficient (Wildman–Crippen LogP) is -0.436. The lowest BCUT2D eigenvalue weighted by molar-refractivity contribution is -0.144. The van der Waals surface area contributed by atoms with Gasteiger partial charge in [-0.05, 0) is 6.42 Å². The van der Waals surface area contributed by atoms with E-state index in [1.165, 1.54) is 0 Å². The molecule has 0 aromatic heterocycles. The molecule has 0 aromatic rings. The van der Waals surface area contributed by atoms with Gasteiger partial charge in [-0.25, -0.2) is 0 Å². The normalized spacial score (nSPS) is 34.9. The van der Waals surface area contributed by atoms with Gasteiger partial charge in [0.25, 0.3) is 0 Å². The molecule has 12 heavy (non-hydrogen) atoms. The second kappa shape index (κ2) is 3.25. The van der Waals surface area contributed by atoms with Gasteiger partial charge in [-0.15, -0.1) is 6.58 Å². The minimum atomic E-state index is -1.10. The van der Waals surface area contributed by atoms with Gasteiger partial charge < -0.3 is 16.2 Å². The van der Waals surface area contributed by atoms with Gasteiger partial charge in [0.2, 0.25) is 0 Å². The van der Waals surface area contributed by atoms with Crippen LogP contribution in [0.5, 0.6) is 0 Å². The summed E-state index contributed by atoms with van der Waals surface area (Å²) in [5.74, 6) is -0.966. The van der Waals surface area contributed by atoms with Crippen molar-refractivity contribution >= 4 is 5.97 Å². The molecule has 0 bridgehead atoms. The molecular weight excluding hydrogens is 156 g/mol. The Hall–Kier alpha value is -0.870. The first kappa shape index (κ1) is 9.22. The number of nitrogens with two attached hydrogens (primary N) is 1. The summed E-state index contributed by atoms with van der Waals surface area (Å²) in [4.78, 5) is 10.8. The molecule has 0 aromatic carbocycles. The molecule has 0 saturated carbocycles. The zero-order valence-electron chi connectivity index (χ0n) is 6.92. The van der Waals surface area contributed by atoms with E-state index in [0.29, 0.717) is 19.5 Å². The van der Waals surface area contributed by atoms with Crippen molar-refractivity contribution in [1.29, 1.82) is 0 Å². The monoisotopic (exact) mass is 170 g/mol. The molecular formula is C8H14N2O2. The number of hydrogen-bond donors (Lipinski definition) is 3. The Balaban J connectivity index is 2.73. The van der Waals surface area contributed by atoms with E-state index in [1.54, 1.807) is 6.08 Å². The number of nitrogens with one attached hydrogen (secondary N) is 1. The molecule has 1 rings (SSSR count). The van der Waals surface area contributed by atoms with Gasteiger partial charge in [-0.2, -0.15) is 0 Å². The predicted molar refractivity (Wildman–Crippen MR) is 45.7 cm³/mol. The van der Waals surface area contributed by atoms with Gasteiger partial charge in [0, 0.05) is 19.0 Å². The van der Waals surface area contributed by atoms with Gasteiger partial charge in [-0.3, -0.25) is 4.79 Å². The van der Waals surface area contributed by atoms with Gasteiger partial charge in [-0.1, -0.05) is 6.08 Å². The van der Waals surface area contributed by atoms with E-state index in [0.717, 1.165) is 0 Å². The number of aliphatic carboxylic acids is 1. The summed E-state index contributed by atoms with van der Waals surface area (Å²) in [5, 5.41) is 11.8. The lowest BCUT2D eigenvalue weighted by atomic mass is 9.86. The largest absolute Gasteiger partial charge is 0.480 e. The van der Waals surface area contributed by atoms with E-state index in [1.807, 2.05) is 0 Å². The third-order valence-electron chi connectivity index (χ3n) is 2.39. The highest BCUT2D eigenvalue weighted by Crippen LogP contribution is 2.22. The summed E-state index contributed by atoms with van der Waals surface area (Å²) < 4.78 is 0. The fourth-order valence-electron chi connectivity index (χ4n) is 1.52. The van der Waals surface area contributed by atoms with Crippen LogP contribution in [0, 0.1) is 5.92 Å². The first-order valence-electron chi connectivity index (χ1n) is 3.95. The van der Waals surface area contributed by atoms with Crippen LogP contribution in [0.1, 0.15) is 6.42 Å². The molecule has 4 nitrogen and oxygen atoms in total. The highest BCUT2D eigenvalue weighted by Gasteiger charge is 2.45. The van der Waals surface area contributed by atoms with Gasteiger partial charge in [0.05, 0.1) is 0 Å². The molecule has 0 amide bonds. The molecule has 0 aliphatic carbocycles. The molecule has 0 radical (unpaired) electrons. The van der Waals surface area contributed by atoms with E-state index in [9.17, 15) is 4.79 Å². The highest BCUT2D eigenvalue weighted by atomic mass is 16.4. The van der Waals surface area contributed by atoms with Crippen molar-refractivity contribution in [3.8, 4) is 0 Å². The topological polar surface area (TPSA) is 75.3 Å². The SMILES string of the molecule is C=CCC1CNC[C@@]1(N)C(=O)O. The molecule has 4 heteroatoms. The minimum absolute atomic E-state index is 0.0347. The first-order valence-corrected chi connectivity index (χ1v) is 3.95. The first-order chi connectivity index (χ1) is 5.61. The minimum Gasteiger partial charge on any atom is -0.480 e. The number of carboxylic acids is 1. The molecule has 1 fully saturated rings. The molecule has 68 valence electrons. The van der Waals surface area contributed by atoms with E-state index in [-0.39, 0.29) is 5.92 Å². The van der Waals surface area contributed by atoms with Gasteiger partial charge in [0.15, 0.2) is 0 Å². The molecule has 0 spiro atoms. The van der Waals surface area contributed by atoms with Crippen LogP contribution in [0.4, 0.5) is 0 Å². The maximum Gasteiger partial charge on any atom is 0.325 e. The average Bonchev–Trinajstić information content (AvgIpc) is 2.35. The van der Waals surface area contributed by atoms with Crippen molar-refractivity contribution in [3.05, 3.63) is 12.7 Å². The summed E-state index contributed by atoms with van der Waals surface area (Å²) in [7, 11) is 0. The van der Waals surface area contributed by atoms with Crippen molar-refractivity contribution in [2.75, 3.05) is 13.1 Å². The highest BCUT2D eigenvalue weighted by molar-refractivity contribution is 5.80. The lowest BCUT2D eigenvalue weighted by Gasteiger charge is -2.24. The number of carboxylic acid groups (broad SMARTS) is 1. The number of allylic oxidation sites excluding steroid dienone is 1. The molecule has 1 aliphatic rings. The Kier molecular flexibility index (Phi) is 2.49. The van der Waals surface area contributed by atoms with Crippen LogP contribution in [0.2, 0.25) is 0 Å². The van der Waals surface area contributed by atoms with Crippen molar-refractivity contribution in [1.82, 2.24) is 5.32 Å². The number of hydrogen-bond acceptors (Lipinski definition) is 3. The van der Waals surface area contributed by atoms with Crippen molar-refractivity contribution < 1.29 is 9.90 Å². The maximum atomic E-state index is 10.8. The standard InChI is InChI=1S/C8H14N2O2/c1-2-3-6-4-10-5-8(6,9)7(11)12/h2,6,10H,1,3-5,9H2,(H,11,12)/t6?,8-/m0/s1. The summed E-state index contributed by atoms with van der Waals surface area (Å²) in [6, 6.07) is 0. The smallest absolute Gasteiger partial charge is 0.325 e. The summed E-state index contributed by atoms with van der Waals surface area (Å²) in [6.45, 7) is 4.58. The molecule has 1 heterocycles.